The zero-order valence-corrected chi connectivity index (χ0v) is 13.7. The van der Waals surface area contributed by atoms with Gasteiger partial charge in [-0.1, -0.05) is 18.2 Å². The van der Waals surface area contributed by atoms with Gasteiger partial charge in [-0.3, -0.25) is 4.79 Å². The first-order chi connectivity index (χ1) is 11.6. The fourth-order valence-corrected chi connectivity index (χ4v) is 2.83. The van der Waals surface area contributed by atoms with E-state index in [2.05, 4.69) is 5.32 Å². The number of furan rings is 1. The van der Waals surface area contributed by atoms with E-state index < -0.39 is 6.10 Å². The van der Waals surface area contributed by atoms with Crippen molar-refractivity contribution in [1.82, 2.24) is 9.88 Å². The molecule has 0 fully saturated rings. The molecule has 2 N–H and O–H groups in total. The number of rotatable bonds is 5. The summed E-state index contributed by atoms with van der Waals surface area (Å²) in [5.74, 6) is 0.223. The van der Waals surface area contributed by atoms with Crippen molar-refractivity contribution in [3.63, 3.8) is 0 Å². The van der Waals surface area contributed by atoms with Crippen LogP contribution in [0.3, 0.4) is 0 Å². The van der Waals surface area contributed by atoms with Gasteiger partial charge in [-0.2, -0.15) is 0 Å². The zero-order valence-electron chi connectivity index (χ0n) is 13.7. The Morgan fingerprint density at radius 3 is 2.62 bits per heavy atom. The number of aliphatic hydroxyl groups is 1. The van der Waals surface area contributed by atoms with Crippen LogP contribution in [0.15, 0.2) is 59.2 Å². The minimum absolute atomic E-state index is 0.0986. The fraction of sp³-hybridized carbons (Fsp3) is 0.211. The van der Waals surface area contributed by atoms with Crippen molar-refractivity contribution in [2.75, 3.05) is 6.54 Å². The van der Waals surface area contributed by atoms with Gasteiger partial charge in [0, 0.05) is 17.1 Å². The molecule has 124 valence electrons. The lowest BCUT2D eigenvalue weighted by molar-refractivity contribution is 0.0900. The molecule has 0 aliphatic rings. The van der Waals surface area contributed by atoms with Gasteiger partial charge in [-0.25, -0.2) is 0 Å². The van der Waals surface area contributed by atoms with Gasteiger partial charge in [0.1, 0.15) is 11.9 Å². The number of carbonyl (C=O) groups is 1. The highest BCUT2D eigenvalue weighted by molar-refractivity contribution is 5.95. The number of aromatic nitrogens is 1. The third-order valence-electron chi connectivity index (χ3n) is 4.02. The van der Waals surface area contributed by atoms with Gasteiger partial charge in [0.05, 0.1) is 18.4 Å². The number of carbonyl (C=O) groups excluding carboxylic acids is 1. The molecule has 1 unspecified atom stereocenters. The van der Waals surface area contributed by atoms with Crippen molar-refractivity contribution in [2.45, 2.75) is 20.0 Å². The first-order valence-corrected chi connectivity index (χ1v) is 7.82. The molecule has 0 spiro atoms. The van der Waals surface area contributed by atoms with Crippen LogP contribution in [0.25, 0.3) is 5.69 Å². The van der Waals surface area contributed by atoms with Crippen LogP contribution in [-0.4, -0.2) is 22.1 Å². The molecule has 0 aliphatic carbocycles. The smallest absolute Gasteiger partial charge is 0.253 e. The van der Waals surface area contributed by atoms with Crippen molar-refractivity contribution < 1.29 is 14.3 Å². The summed E-state index contributed by atoms with van der Waals surface area (Å²) in [5, 5.41) is 12.8. The second-order valence-corrected chi connectivity index (χ2v) is 5.70. The summed E-state index contributed by atoms with van der Waals surface area (Å²) in [5.41, 5.74) is 3.46. The standard InChI is InChI=1S/C19H20N2O3/c1-13-11-16(14(2)21(13)15-7-4-3-5-8-15)19(23)20-12-17(22)18-9-6-10-24-18/h3-11,17,22H,12H2,1-2H3,(H,20,23). The number of nitrogens with one attached hydrogen (secondary N) is 1. The molecule has 1 aromatic carbocycles. The molecule has 0 aliphatic heterocycles. The molecule has 0 bridgehead atoms. The molecule has 1 amide bonds. The summed E-state index contributed by atoms with van der Waals surface area (Å²) >= 11 is 0. The van der Waals surface area contributed by atoms with E-state index in [9.17, 15) is 9.90 Å². The number of amides is 1. The zero-order chi connectivity index (χ0) is 17.1. The summed E-state index contributed by atoms with van der Waals surface area (Å²) < 4.78 is 7.17. The molecule has 0 saturated heterocycles. The number of hydrogen-bond acceptors (Lipinski definition) is 3. The van der Waals surface area contributed by atoms with Gasteiger partial charge in [0.15, 0.2) is 0 Å². The quantitative estimate of drug-likeness (QED) is 0.757. The molecule has 3 rings (SSSR count). The molecule has 5 nitrogen and oxygen atoms in total. The fourth-order valence-electron chi connectivity index (χ4n) is 2.83. The van der Waals surface area contributed by atoms with Crippen molar-refractivity contribution in [3.8, 4) is 5.69 Å². The summed E-state index contributed by atoms with van der Waals surface area (Å²) in [4.78, 5) is 12.5. The van der Waals surface area contributed by atoms with E-state index in [-0.39, 0.29) is 12.5 Å². The van der Waals surface area contributed by atoms with Gasteiger partial charge in [0.2, 0.25) is 0 Å². The Kier molecular flexibility index (Phi) is 4.53. The van der Waals surface area contributed by atoms with E-state index in [0.717, 1.165) is 17.1 Å². The average Bonchev–Trinajstić information content (AvgIpc) is 3.21. The van der Waals surface area contributed by atoms with Crippen molar-refractivity contribution in [2.24, 2.45) is 0 Å². The first kappa shape index (κ1) is 16.1. The summed E-state index contributed by atoms with van der Waals surface area (Å²) in [7, 11) is 0. The molecule has 24 heavy (non-hydrogen) atoms. The van der Waals surface area contributed by atoms with Crippen molar-refractivity contribution in [1.29, 1.82) is 0 Å². The van der Waals surface area contributed by atoms with E-state index in [0.29, 0.717) is 11.3 Å². The molecule has 1 atom stereocenters. The Morgan fingerprint density at radius 1 is 1.21 bits per heavy atom. The monoisotopic (exact) mass is 324 g/mol. The maximum Gasteiger partial charge on any atom is 0.253 e. The summed E-state index contributed by atoms with van der Waals surface area (Å²) in [6, 6.07) is 15.1. The molecule has 2 aromatic heterocycles. The van der Waals surface area contributed by atoms with Gasteiger partial charge in [-0.05, 0) is 44.2 Å². The highest BCUT2D eigenvalue weighted by Gasteiger charge is 2.18. The van der Waals surface area contributed by atoms with Gasteiger partial charge < -0.3 is 19.4 Å². The SMILES string of the molecule is Cc1cc(C(=O)NCC(O)c2ccco2)c(C)n1-c1ccccc1. The summed E-state index contributed by atoms with van der Waals surface area (Å²) in [6.07, 6.45) is 0.634. The normalized spacial score (nSPS) is 12.1. The Morgan fingerprint density at radius 2 is 1.96 bits per heavy atom. The second kappa shape index (κ2) is 6.76. The largest absolute Gasteiger partial charge is 0.467 e. The third-order valence-corrected chi connectivity index (χ3v) is 4.02. The highest BCUT2D eigenvalue weighted by atomic mass is 16.4. The third kappa shape index (κ3) is 3.12. The molecule has 0 saturated carbocycles. The molecular formula is C19H20N2O3. The summed E-state index contributed by atoms with van der Waals surface area (Å²) in [6.45, 7) is 3.98. The Hall–Kier alpha value is -2.79. The average molecular weight is 324 g/mol. The van der Waals surface area contributed by atoms with Crippen LogP contribution in [-0.2, 0) is 0 Å². The molecule has 2 heterocycles. The number of aliphatic hydroxyl groups excluding tert-OH is 1. The van der Waals surface area contributed by atoms with E-state index in [1.54, 1.807) is 12.1 Å². The Bertz CT molecular complexity index is 820. The van der Waals surface area contributed by atoms with Crippen LogP contribution in [0.2, 0.25) is 0 Å². The van der Waals surface area contributed by atoms with Crippen molar-refractivity contribution in [3.05, 3.63) is 77.5 Å². The van der Waals surface area contributed by atoms with Crippen LogP contribution in [0.4, 0.5) is 0 Å². The molecule has 5 heteroatoms. The topological polar surface area (TPSA) is 67.4 Å². The maximum atomic E-state index is 12.5. The number of aryl methyl sites for hydroxylation is 1. The van der Waals surface area contributed by atoms with Gasteiger partial charge in [0.25, 0.3) is 5.91 Å². The lowest BCUT2D eigenvalue weighted by atomic mass is 10.2. The van der Waals surface area contributed by atoms with E-state index in [1.807, 2.05) is 54.8 Å². The number of para-hydroxylation sites is 1. The van der Waals surface area contributed by atoms with Crippen LogP contribution >= 0.6 is 0 Å². The van der Waals surface area contributed by atoms with Gasteiger partial charge >= 0.3 is 0 Å². The van der Waals surface area contributed by atoms with E-state index in [4.69, 9.17) is 4.42 Å². The van der Waals surface area contributed by atoms with Crippen LogP contribution < -0.4 is 5.32 Å². The minimum atomic E-state index is -0.860. The minimum Gasteiger partial charge on any atom is -0.467 e. The lowest BCUT2D eigenvalue weighted by Gasteiger charge is -2.11. The lowest BCUT2D eigenvalue weighted by Crippen LogP contribution is -2.28. The van der Waals surface area contributed by atoms with Crippen LogP contribution in [0, 0.1) is 13.8 Å². The molecule has 3 aromatic rings. The van der Waals surface area contributed by atoms with Crippen molar-refractivity contribution >= 4 is 5.91 Å². The van der Waals surface area contributed by atoms with E-state index in [1.165, 1.54) is 6.26 Å². The second-order valence-electron chi connectivity index (χ2n) is 5.70. The number of hydrogen-bond donors (Lipinski definition) is 2. The first-order valence-electron chi connectivity index (χ1n) is 7.82. The predicted octanol–water partition coefficient (Wildman–Crippen LogP) is 3.15. The Labute approximate surface area is 140 Å². The maximum absolute atomic E-state index is 12.5. The number of nitrogens with zero attached hydrogens (tertiary/aromatic N) is 1. The molecular weight excluding hydrogens is 304 g/mol. The van der Waals surface area contributed by atoms with Crippen LogP contribution in [0.1, 0.15) is 33.6 Å². The van der Waals surface area contributed by atoms with Gasteiger partial charge in [-0.15, -0.1) is 0 Å². The van der Waals surface area contributed by atoms with Crippen LogP contribution in [0.5, 0.6) is 0 Å². The molecule has 0 radical (unpaired) electrons. The van der Waals surface area contributed by atoms with E-state index >= 15 is 0 Å². The highest BCUT2D eigenvalue weighted by Crippen LogP contribution is 2.21. The predicted molar refractivity (Wildman–Crippen MR) is 91.2 cm³/mol. The Balaban J connectivity index is 1.76. The number of benzene rings is 1.